The summed E-state index contributed by atoms with van der Waals surface area (Å²) in [7, 11) is 1.74. The van der Waals surface area contributed by atoms with E-state index in [4.69, 9.17) is 5.11 Å². The lowest BCUT2D eigenvalue weighted by Crippen LogP contribution is -2.37. The molecular formula is C16H24N2O3. The maximum atomic E-state index is 12.0. The minimum absolute atomic E-state index is 0.141. The summed E-state index contributed by atoms with van der Waals surface area (Å²) in [6.07, 6.45) is 2.44. The van der Waals surface area contributed by atoms with E-state index in [1.165, 1.54) is 0 Å². The fourth-order valence-corrected chi connectivity index (χ4v) is 2.15. The molecule has 0 bridgehead atoms. The number of carboxylic acids is 1. The molecule has 0 aliphatic rings. The van der Waals surface area contributed by atoms with Gasteiger partial charge in [0.15, 0.2) is 0 Å². The van der Waals surface area contributed by atoms with Crippen LogP contribution in [0.4, 0.5) is 10.5 Å². The van der Waals surface area contributed by atoms with Crippen LogP contribution in [0.25, 0.3) is 0 Å². The fraction of sp³-hybridized carbons (Fsp3) is 0.500. The Labute approximate surface area is 126 Å². The SMILES string of the molecule is Cc1cc(C)cc(N(C)C(=O)NCCCCCC(=O)O)c1. The number of aryl methyl sites for hydroxylation is 2. The third kappa shape index (κ3) is 6.29. The summed E-state index contributed by atoms with van der Waals surface area (Å²) < 4.78 is 0. The molecule has 5 heteroatoms. The molecule has 21 heavy (non-hydrogen) atoms. The number of carbonyl (C=O) groups excluding carboxylic acids is 1. The van der Waals surface area contributed by atoms with E-state index in [1.807, 2.05) is 26.0 Å². The lowest BCUT2D eigenvalue weighted by molar-refractivity contribution is -0.137. The van der Waals surface area contributed by atoms with Gasteiger partial charge in [-0.25, -0.2) is 4.79 Å². The average Bonchev–Trinajstić information content (AvgIpc) is 2.40. The molecule has 0 spiro atoms. The first kappa shape index (κ1) is 17.0. The first-order valence-electron chi connectivity index (χ1n) is 7.22. The summed E-state index contributed by atoms with van der Waals surface area (Å²) in [5.41, 5.74) is 3.12. The van der Waals surface area contributed by atoms with Crippen molar-refractivity contribution < 1.29 is 14.7 Å². The highest BCUT2D eigenvalue weighted by Gasteiger charge is 2.10. The largest absolute Gasteiger partial charge is 0.481 e. The van der Waals surface area contributed by atoms with Crippen LogP contribution >= 0.6 is 0 Å². The number of benzene rings is 1. The minimum atomic E-state index is -0.770. The minimum Gasteiger partial charge on any atom is -0.481 e. The molecule has 0 fully saturated rings. The number of nitrogens with one attached hydrogen (secondary N) is 1. The molecule has 2 N–H and O–H groups in total. The van der Waals surface area contributed by atoms with E-state index >= 15 is 0 Å². The van der Waals surface area contributed by atoms with Crippen molar-refractivity contribution >= 4 is 17.7 Å². The van der Waals surface area contributed by atoms with E-state index in [0.717, 1.165) is 29.7 Å². The zero-order valence-electron chi connectivity index (χ0n) is 13.0. The van der Waals surface area contributed by atoms with Crippen LogP contribution in [0.3, 0.4) is 0 Å². The Hall–Kier alpha value is -2.04. The Morgan fingerprint density at radius 3 is 2.29 bits per heavy atom. The first-order chi connectivity index (χ1) is 9.90. The number of hydrogen-bond acceptors (Lipinski definition) is 2. The molecule has 1 rings (SSSR count). The second-order valence-corrected chi connectivity index (χ2v) is 5.34. The standard InChI is InChI=1S/C16H24N2O3/c1-12-9-13(2)11-14(10-12)18(3)16(21)17-8-6-4-5-7-15(19)20/h9-11H,4-8H2,1-3H3,(H,17,21)(H,19,20). The van der Waals surface area contributed by atoms with Crippen LogP contribution in [-0.2, 0) is 4.79 Å². The second kappa shape index (κ2) is 8.29. The van der Waals surface area contributed by atoms with Gasteiger partial charge in [0.2, 0.25) is 0 Å². The van der Waals surface area contributed by atoms with Gasteiger partial charge in [0, 0.05) is 25.7 Å². The van der Waals surface area contributed by atoms with E-state index in [-0.39, 0.29) is 12.5 Å². The quantitative estimate of drug-likeness (QED) is 0.759. The van der Waals surface area contributed by atoms with Crippen LogP contribution in [0.1, 0.15) is 36.8 Å². The number of hydrogen-bond donors (Lipinski definition) is 2. The van der Waals surface area contributed by atoms with Gasteiger partial charge in [-0.15, -0.1) is 0 Å². The van der Waals surface area contributed by atoms with Crippen LogP contribution in [-0.4, -0.2) is 30.7 Å². The lowest BCUT2D eigenvalue weighted by atomic mass is 10.1. The highest BCUT2D eigenvalue weighted by Crippen LogP contribution is 2.17. The molecule has 1 aromatic carbocycles. The number of carboxylic acid groups (broad SMARTS) is 1. The molecule has 0 unspecified atom stereocenters. The predicted molar refractivity (Wildman–Crippen MR) is 83.8 cm³/mol. The molecule has 0 atom stereocenters. The normalized spacial score (nSPS) is 10.2. The third-order valence-corrected chi connectivity index (χ3v) is 3.24. The number of anilines is 1. The molecule has 116 valence electrons. The predicted octanol–water partition coefficient (Wildman–Crippen LogP) is 3.09. The molecule has 2 amide bonds. The molecule has 0 radical (unpaired) electrons. The van der Waals surface area contributed by atoms with Crippen molar-refractivity contribution in [2.75, 3.05) is 18.5 Å². The summed E-state index contributed by atoms with van der Waals surface area (Å²) in [5, 5.41) is 11.4. The summed E-state index contributed by atoms with van der Waals surface area (Å²) in [6.45, 7) is 4.57. The smallest absolute Gasteiger partial charge is 0.321 e. The van der Waals surface area contributed by atoms with E-state index in [9.17, 15) is 9.59 Å². The van der Waals surface area contributed by atoms with Crippen molar-refractivity contribution in [3.63, 3.8) is 0 Å². The molecule has 0 saturated carbocycles. The molecule has 0 saturated heterocycles. The Morgan fingerprint density at radius 2 is 1.71 bits per heavy atom. The van der Waals surface area contributed by atoms with Gasteiger partial charge < -0.3 is 10.4 Å². The monoisotopic (exact) mass is 292 g/mol. The number of urea groups is 1. The summed E-state index contributed by atoms with van der Waals surface area (Å²) in [4.78, 5) is 24.0. The maximum Gasteiger partial charge on any atom is 0.321 e. The van der Waals surface area contributed by atoms with E-state index in [2.05, 4.69) is 11.4 Å². The Balaban J connectivity index is 2.36. The van der Waals surface area contributed by atoms with Gasteiger partial charge in [-0.2, -0.15) is 0 Å². The topological polar surface area (TPSA) is 69.6 Å². The molecule has 1 aromatic rings. The number of carbonyl (C=O) groups is 2. The first-order valence-corrected chi connectivity index (χ1v) is 7.22. The third-order valence-electron chi connectivity index (χ3n) is 3.24. The highest BCUT2D eigenvalue weighted by molar-refractivity contribution is 5.91. The summed E-state index contributed by atoms with van der Waals surface area (Å²) in [6, 6.07) is 5.87. The van der Waals surface area contributed by atoms with Crippen LogP contribution in [0.5, 0.6) is 0 Å². The number of aliphatic carboxylic acids is 1. The molecule has 5 nitrogen and oxygen atoms in total. The van der Waals surface area contributed by atoms with Crippen LogP contribution in [0, 0.1) is 13.8 Å². The van der Waals surface area contributed by atoms with Gasteiger partial charge in [-0.1, -0.05) is 12.5 Å². The fourth-order valence-electron chi connectivity index (χ4n) is 2.15. The van der Waals surface area contributed by atoms with Crippen molar-refractivity contribution in [2.24, 2.45) is 0 Å². The van der Waals surface area contributed by atoms with Gasteiger partial charge in [0.25, 0.3) is 0 Å². The van der Waals surface area contributed by atoms with Crippen LogP contribution in [0.2, 0.25) is 0 Å². The van der Waals surface area contributed by atoms with Gasteiger partial charge >= 0.3 is 12.0 Å². The Kier molecular flexibility index (Phi) is 6.72. The Morgan fingerprint density at radius 1 is 1.10 bits per heavy atom. The Bertz CT molecular complexity index is 480. The van der Waals surface area contributed by atoms with Crippen molar-refractivity contribution in [1.29, 1.82) is 0 Å². The summed E-state index contributed by atoms with van der Waals surface area (Å²) >= 11 is 0. The number of amides is 2. The maximum absolute atomic E-state index is 12.0. The van der Waals surface area contributed by atoms with Crippen molar-refractivity contribution in [3.05, 3.63) is 29.3 Å². The van der Waals surface area contributed by atoms with Gasteiger partial charge in [-0.3, -0.25) is 9.69 Å². The zero-order chi connectivity index (χ0) is 15.8. The van der Waals surface area contributed by atoms with E-state index < -0.39 is 5.97 Å². The molecule has 0 aromatic heterocycles. The second-order valence-electron chi connectivity index (χ2n) is 5.34. The number of nitrogens with zero attached hydrogens (tertiary/aromatic N) is 1. The summed E-state index contributed by atoms with van der Waals surface area (Å²) in [5.74, 6) is -0.770. The average molecular weight is 292 g/mol. The number of rotatable bonds is 7. The molecule has 0 heterocycles. The van der Waals surface area contributed by atoms with Crippen LogP contribution < -0.4 is 10.2 Å². The molecular weight excluding hydrogens is 268 g/mol. The van der Waals surface area contributed by atoms with E-state index in [1.54, 1.807) is 11.9 Å². The van der Waals surface area contributed by atoms with Crippen molar-refractivity contribution in [2.45, 2.75) is 39.5 Å². The number of unbranched alkanes of at least 4 members (excludes halogenated alkanes) is 2. The van der Waals surface area contributed by atoms with E-state index in [0.29, 0.717) is 13.0 Å². The van der Waals surface area contributed by atoms with Crippen molar-refractivity contribution in [1.82, 2.24) is 5.32 Å². The van der Waals surface area contributed by atoms with Crippen LogP contribution in [0.15, 0.2) is 18.2 Å². The van der Waals surface area contributed by atoms with Crippen molar-refractivity contribution in [3.8, 4) is 0 Å². The molecule has 0 aliphatic heterocycles. The van der Waals surface area contributed by atoms with Gasteiger partial charge in [0.1, 0.15) is 0 Å². The van der Waals surface area contributed by atoms with Gasteiger partial charge in [0.05, 0.1) is 0 Å². The lowest BCUT2D eigenvalue weighted by Gasteiger charge is -2.19. The van der Waals surface area contributed by atoms with Gasteiger partial charge in [-0.05, 0) is 49.9 Å². The zero-order valence-corrected chi connectivity index (χ0v) is 13.0. The highest BCUT2D eigenvalue weighted by atomic mass is 16.4. The molecule has 0 aliphatic carbocycles.